The minimum Gasteiger partial charge on any atom is -1.00 e. The maximum atomic E-state index is 2.31. The monoisotopic (exact) mass is 224 g/mol. The molecule has 2 rings (SSSR count). The Morgan fingerprint density at radius 3 is 2.29 bits per heavy atom. The standard InChI is InChI=1S/C12H13S.ClH/c1-11-6-5-9-13(11)10-12-7-3-2-4-8-12;/h2-9H,10H2,1H3;1H/q+1;/p-1. The fourth-order valence-corrected chi connectivity index (χ4v) is 2.99. The molecule has 1 aromatic carbocycles. The number of aryl methyl sites for hydroxylation is 1. The first-order valence-electron chi connectivity index (χ1n) is 4.45. The molecule has 0 aliphatic rings. The number of halogens is 1. The maximum Gasteiger partial charge on any atom is 0.152 e. The van der Waals surface area contributed by atoms with E-state index >= 15 is 0 Å². The Morgan fingerprint density at radius 1 is 1.00 bits per heavy atom. The van der Waals surface area contributed by atoms with Crippen LogP contribution in [0, 0.1) is 6.92 Å². The third-order valence-corrected chi connectivity index (χ3v) is 4.25. The molecule has 1 atom stereocenters. The Bertz CT molecular complexity index is 378. The summed E-state index contributed by atoms with van der Waals surface area (Å²) in [6.07, 6.45) is 0. The highest BCUT2D eigenvalue weighted by molar-refractivity contribution is 7.29. The lowest BCUT2D eigenvalue weighted by Gasteiger charge is -1.93. The highest BCUT2D eigenvalue weighted by Gasteiger charge is 2.08. The molecule has 2 heteroatoms. The van der Waals surface area contributed by atoms with E-state index in [2.05, 4.69) is 54.8 Å². The molecule has 0 aliphatic heterocycles. The number of rotatable bonds is 2. The summed E-state index contributed by atoms with van der Waals surface area (Å²) in [6.45, 7) is 2.21. The average molecular weight is 225 g/mol. The van der Waals surface area contributed by atoms with Crippen LogP contribution in [-0.4, -0.2) is 0 Å². The molecule has 1 heterocycles. The highest BCUT2D eigenvalue weighted by atomic mass is 35.5. The topological polar surface area (TPSA) is 0 Å². The van der Waals surface area contributed by atoms with E-state index in [1.165, 1.54) is 16.2 Å². The molecule has 0 nitrogen and oxygen atoms in total. The van der Waals surface area contributed by atoms with Crippen molar-refractivity contribution >= 4 is 10.5 Å². The van der Waals surface area contributed by atoms with E-state index in [0.29, 0.717) is 10.5 Å². The van der Waals surface area contributed by atoms with Gasteiger partial charge in [0.1, 0.15) is 10.3 Å². The van der Waals surface area contributed by atoms with E-state index in [1.807, 2.05) is 0 Å². The Balaban J connectivity index is 0.000000980. The quantitative estimate of drug-likeness (QED) is 0.662. The fraction of sp³-hybridized carbons (Fsp3) is 0.167. The summed E-state index contributed by atoms with van der Waals surface area (Å²) in [5, 5.41) is 2.31. The molecule has 0 N–H and O–H groups in total. The zero-order chi connectivity index (χ0) is 9.10. The molecule has 0 fully saturated rings. The predicted molar refractivity (Wildman–Crippen MR) is 59.2 cm³/mol. The maximum absolute atomic E-state index is 2.31. The van der Waals surface area contributed by atoms with Gasteiger partial charge in [-0.2, -0.15) is 0 Å². The number of hydrogen-bond acceptors (Lipinski definition) is 0. The normalized spacial score (nSPS) is 10.8. The van der Waals surface area contributed by atoms with Gasteiger partial charge < -0.3 is 12.4 Å². The summed E-state index contributed by atoms with van der Waals surface area (Å²) in [7, 11) is 0.358. The van der Waals surface area contributed by atoms with Gasteiger partial charge in [-0.25, -0.2) is 0 Å². The van der Waals surface area contributed by atoms with E-state index < -0.39 is 0 Å². The molecule has 2 aromatic rings. The van der Waals surface area contributed by atoms with Crippen LogP contribution in [0.4, 0.5) is 0 Å². The second kappa shape index (κ2) is 5.18. The van der Waals surface area contributed by atoms with Crippen molar-refractivity contribution in [1.29, 1.82) is 0 Å². The molecule has 0 bridgehead atoms. The molecule has 0 aliphatic carbocycles. The van der Waals surface area contributed by atoms with Crippen LogP contribution in [0.15, 0.2) is 47.8 Å². The van der Waals surface area contributed by atoms with E-state index in [1.54, 1.807) is 0 Å². The second-order valence-corrected chi connectivity index (χ2v) is 5.23. The largest absolute Gasteiger partial charge is 1.00 e. The van der Waals surface area contributed by atoms with Gasteiger partial charge in [-0.3, -0.25) is 0 Å². The summed E-state index contributed by atoms with van der Waals surface area (Å²) in [4.78, 5) is 1.50. The second-order valence-electron chi connectivity index (χ2n) is 3.16. The number of benzene rings is 1. The van der Waals surface area contributed by atoms with Crippen LogP contribution in [0.1, 0.15) is 10.4 Å². The van der Waals surface area contributed by atoms with Crippen molar-refractivity contribution < 1.29 is 12.4 Å². The lowest BCUT2D eigenvalue weighted by Crippen LogP contribution is -3.00. The van der Waals surface area contributed by atoms with Crippen molar-refractivity contribution in [2.45, 2.75) is 12.7 Å². The third kappa shape index (κ3) is 2.60. The Hall–Kier alpha value is -0.790. The minimum atomic E-state index is 0. The molecular weight excluding hydrogens is 212 g/mol. The summed E-state index contributed by atoms with van der Waals surface area (Å²) < 4.78 is 0. The Kier molecular flexibility index (Phi) is 4.18. The average Bonchev–Trinajstić information content (AvgIpc) is 2.54. The van der Waals surface area contributed by atoms with Crippen molar-refractivity contribution in [3.05, 3.63) is 58.3 Å². The van der Waals surface area contributed by atoms with Gasteiger partial charge in [-0.15, -0.1) is 0 Å². The van der Waals surface area contributed by atoms with Gasteiger partial charge in [0.2, 0.25) is 0 Å². The van der Waals surface area contributed by atoms with Crippen LogP contribution < -0.4 is 12.4 Å². The smallest absolute Gasteiger partial charge is 0.152 e. The van der Waals surface area contributed by atoms with Gasteiger partial charge >= 0.3 is 0 Å². The lowest BCUT2D eigenvalue weighted by atomic mass is 10.2. The van der Waals surface area contributed by atoms with Crippen LogP contribution in [0.25, 0.3) is 0 Å². The van der Waals surface area contributed by atoms with E-state index in [4.69, 9.17) is 0 Å². The highest BCUT2D eigenvalue weighted by Crippen LogP contribution is 2.27. The Labute approximate surface area is 94.0 Å². The SMILES string of the molecule is Cc1ccc[s+]1Cc1ccccc1.[Cl-]. The zero-order valence-corrected chi connectivity index (χ0v) is 9.68. The molecule has 0 saturated carbocycles. The van der Waals surface area contributed by atoms with E-state index in [0.717, 1.165) is 0 Å². The van der Waals surface area contributed by atoms with Crippen molar-refractivity contribution in [3.63, 3.8) is 0 Å². The molecule has 14 heavy (non-hydrogen) atoms. The van der Waals surface area contributed by atoms with Crippen LogP contribution in [-0.2, 0) is 5.75 Å². The van der Waals surface area contributed by atoms with Gasteiger partial charge in [-0.05, 0) is 22.6 Å². The Morgan fingerprint density at radius 2 is 1.71 bits per heavy atom. The van der Waals surface area contributed by atoms with Crippen LogP contribution in [0.5, 0.6) is 0 Å². The van der Waals surface area contributed by atoms with Crippen molar-refractivity contribution in [2.75, 3.05) is 0 Å². The van der Waals surface area contributed by atoms with Crippen LogP contribution in [0.3, 0.4) is 0 Å². The van der Waals surface area contributed by atoms with Crippen LogP contribution in [0.2, 0.25) is 0 Å². The summed E-state index contributed by atoms with van der Waals surface area (Å²) >= 11 is 0. The first kappa shape index (κ1) is 11.3. The molecule has 0 saturated heterocycles. The fourth-order valence-electron chi connectivity index (χ4n) is 1.38. The van der Waals surface area contributed by atoms with Gasteiger partial charge in [0, 0.05) is 12.5 Å². The van der Waals surface area contributed by atoms with Gasteiger partial charge in [0.05, 0.1) is 0 Å². The first-order chi connectivity index (χ1) is 6.36. The molecule has 1 unspecified atom stereocenters. The first-order valence-corrected chi connectivity index (χ1v) is 5.91. The number of hydrogen-bond donors (Lipinski definition) is 0. The molecule has 0 amide bonds. The molecule has 1 aromatic heterocycles. The predicted octanol–water partition coefficient (Wildman–Crippen LogP) is 0.796. The lowest BCUT2D eigenvalue weighted by molar-refractivity contribution is -0.00000266. The van der Waals surface area contributed by atoms with Gasteiger partial charge in [0.15, 0.2) is 5.75 Å². The third-order valence-electron chi connectivity index (χ3n) is 2.15. The summed E-state index contributed by atoms with van der Waals surface area (Å²) in [5.41, 5.74) is 1.44. The van der Waals surface area contributed by atoms with E-state index in [-0.39, 0.29) is 12.4 Å². The minimum absolute atomic E-state index is 0. The van der Waals surface area contributed by atoms with E-state index in [9.17, 15) is 0 Å². The molecule has 0 radical (unpaired) electrons. The number of thiophene rings is 1. The van der Waals surface area contributed by atoms with Crippen molar-refractivity contribution in [1.82, 2.24) is 0 Å². The van der Waals surface area contributed by atoms with Crippen LogP contribution >= 0.6 is 10.5 Å². The molecular formula is C12H13ClS. The van der Waals surface area contributed by atoms with Crippen molar-refractivity contribution in [3.8, 4) is 0 Å². The van der Waals surface area contributed by atoms with Crippen molar-refractivity contribution in [2.24, 2.45) is 0 Å². The zero-order valence-electron chi connectivity index (χ0n) is 8.11. The van der Waals surface area contributed by atoms with Gasteiger partial charge in [0.25, 0.3) is 0 Å². The molecule has 0 spiro atoms. The molecule has 74 valence electrons. The summed E-state index contributed by atoms with van der Waals surface area (Å²) in [5.74, 6) is 1.17. The van der Waals surface area contributed by atoms with Gasteiger partial charge in [-0.1, -0.05) is 30.3 Å². The summed E-state index contributed by atoms with van der Waals surface area (Å²) in [6, 6.07) is 15.1.